The van der Waals surface area contributed by atoms with E-state index in [9.17, 15) is 9.90 Å². The Morgan fingerprint density at radius 1 is 1.42 bits per heavy atom. The molecule has 0 aliphatic heterocycles. The van der Waals surface area contributed by atoms with Gasteiger partial charge in [0.25, 0.3) is 5.91 Å². The van der Waals surface area contributed by atoms with Crippen LogP contribution in [0.2, 0.25) is 0 Å². The zero-order valence-corrected chi connectivity index (χ0v) is 12.4. The Kier molecular flexibility index (Phi) is 3.67. The minimum absolute atomic E-state index is 0.000935. The Morgan fingerprint density at radius 3 is 2.84 bits per heavy atom. The maximum Gasteiger partial charge on any atom is 0.267 e. The Labute approximate surface area is 121 Å². The highest BCUT2D eigenvalue weighted by Gasteiger charge is 2.28. The maximum absolute atomic E-state index is 12.2. The number of carbonyl (C=O) groups excluding carboxylic acids is 1. The quantitative estimate of drug-likeness (QED) is 0.893. The summed E-state index contributed by atoms with van der Waals surface area (Å²) in [6, 6.07) is 2.39. The van der Waals surface area contributed by atoms with Gasteiger partial charge >= 0.3 is 0 Å². The van der Waals surface area contributed by atoms with Crippen LogP contribution in [0, 0.1) is 5.92 Å². The van der Waals surface area contributed by atoms with Crippen molar-refractivity contribution in [1.29, 1.82) is 0 Å². The Morgan fingerprint density at radius 2 is 2.21 bits per heavy atom. The van der Waals surface area contributed by atoms with Crippen molar-refractivity contribution in [3.05, 3.63) is 22.4 Å². The van der Waals surface area contributed by atoms with Gasteiger partial charge in [0.2, 0.25) is 0 Å². The summed E-state index contributed by atoms with van der Waals surface area (Å²) in [7, 11) is 0. The van der Waals surface area contributed by atoms with Gasteiger partial charge in [0, 0.05) is 23.3 Å². The van der Waals surface area contributed by atoms with E-state index in [2.05, 4.69) is 25.8 Å². The first-order chi connectivity index (χ1) is 9.13. The number of halogens is 1. The smallest absolute Gasteiger partial charge is 0.267 e. The van der Waals surface area contributed by atoms with Crippen LogP contribution in [0.5, 0.6) is 0 Å². The lowest BCUT2D eigenvalue weighted by atomic mass is 10.1. The highest BCUT2D eigenvalue weighted by atomic mass is 79.9. The summed E-state index contributed by atoms with van der Waals surface area (Å²) in [6.45, 7) is 0.670. The second-order valence-electron chi connectivity index (χ2n) is 5.72. The van der Waals surface area contributed by atoms with Crippen LogP contribution >= 0.6 is 15.9 Å². The van der Waals surface area contributed by atoms with Crippen molar-refractivity contribution in [3.8, 4) is 0 Å². The van der Waals surface area contributed by atoms with Crippen LogP contribution in [-0.2, 0) is 0 Å². The average molecular weight is 327 g/mol. The van der Waals surface area contributed by atoms with Crippen LogP contribution < -0.4 is 5.32 Å². The predicted molar refractivity (Wildman–Crippen MR) is 76.1 cm³/mol. The fraction of sp³-hybridized carbons (Fsp3) is 0.643. The van der Waals surface area contributed by atoms with Gasteiger partial charge in [-0.25, -0.2) is 0 Å². The van der Waals surface area contributed by atoms with E-state index < -0.39 is 0 Å². The zero-order chi connectivity index (χ0) is 13.4. The van der Waals surface area contributed by atoms with Crippen molar-refractivity contribution < 1.29 is 9.90 Å². The minimum Gasteiger partial charge on any atom is -0.393 e. The van der Waals surface area contributed by atoms with E-state index in [4.69, 9.17) is 0 Å². The van der Waals surface area contributed by atoms with Crippen LogP contribution in [0.15, 0.2) is 16.7 Å². The number of carbonyl (C=O) groups is 1. The monoisotopic (exact) mass is 326 g/mol. The van der Waals surface area contributed by atoms with Crippen LogP contribution in [0.3, 0.4) is 0 Å². The summed E-state index contributed by atoms with van der Waals surface area (Å²) in [6.07, 6.45) is 6.83. The third-order valence-corrected chi connectivity index (χ3v) is 4.49. The summed E-state index contributed by atoms with van der Waals surface area (Å²) in [5.74, 6) is 0.422. The van der Waals surface area contributed by atoms with Crippen molar-refractivity contribution in [1.82, 2.24) is 9.88 Å². The first-order valence-corrected chi connectivity index (χ1v) is 7.76. The van der Waals surface area contributed by atoms with Crippen LogP contribution in [-0.4, -0.2) is 28.2 Å². The molecule has 1 aromatic heterocycles. The molecule has 2 atom stereocenters. The van der Waals surface area contributed by atoms with E-state index in [1.165, 1.54) is 0 Å². The number of aromatic nitrogens is 1. The second-order valence-corrected chi connectivity index (χ2v) is 6.64. The summed E-state index contributed by atoms with van der Waals surface area (Å²) >= 11 is 3.44. The number of hydrogen-bond donors (Lipinski definition) is 2. The largest absolute Gasteiger partial charge is 0.393 e. The van der Waals surface area contributed by atoms with Gasteiger partial charge in [-0.3, -0.25) is 4.79 Å². The highest BCUT2D eigenvalue weighted by Crippen LogP contribution is 2.37. The molecule has 0 aromatic carbocycles. The molecule has 1 amide bonds. The molecular weight excluding hydrogens is 308 g/mol. The number of aliphatic hydroxyl groups excluding tert-OH is 1. The number of aliphatic hydroxyl groups is 1. The lowest BCUT2D eigenvalue weighted by molar-refractivity contribution is 0.0935. The van der Waals surface area contributed by atoms with Gasteiger partial charge < -0.3 is 15.0 Å². The normalized spacial score (nSPS) is 26.6. The lowest BCUT2D eigenvalue weighted by Crippen LogP contribution is -2.30. The van der Waals surface area contributed by atoms with E-state index in [0.29, 0.717) is 18.5 Å². The van der Waals surface area contributed by atoms with E-state index in [1.54, 1.807) is 0 Å². The van der Waals surface area contributed by atoms with E-state index in [0.717, 1.165) is 42.3 Å². The van der Waals surface area contributed by atoms with Crippen LogP contribution in [0.25, 0.3) is 0 Å². The zero-order valence-electron chi connectivity index (χ0n) is 10.8. The van der Waals surface area contributed by atoms with Gasteiger partial charge in [0.1, 0.15) is 5.69 Å². The van der Waals surface area contributed by atoms with Crippen molar-refractivity contribution in [2.75, 3.05) is 6.54 Å². The van der Waals surface area contributed by atoms with E-state index in [-0.39, 0.29) is 12.0 Å². The van der Waals surface area contributed by atoms with Gasteiger partial charge in [-0.1, -0.05) is 0 Å². The number of nitrogens with zero attached hydrogens (tertiary/aromatic N) is 1. The predicted octanol–water partition coefficient (Wildman–Crippen LogP) is 2.48. The van der Waals surface area contributed by atoms with Gasteiger partial charge in [0.05, 0.1) is 6.10 Å². The molecule has 1 heterocycles. The molecule has 2 aliphatic rings. The summed E-state index contributed by atoms with van der Waals surface area (Å²) < 4.78 is 3.03. The fourth-order valence-electron chi connectivity index (χ4n) is 2.84. The topological polar surface area (TPSA) is 54.3 Å². The highest BCUT2D eigenvalue weighted by molar-refractivity contribution is 9.10. The lowest BCUT2D eigenvalue weighted by Gasteiger charge is -2.12. The fourth-order valence-corrected chi connectivity index (χ4v) is 3.28. The molecule has 104 valence electrons. The molecule has 3 rings (SSSR count). The molecule has 5 heteroatoms. The molecule has 0 saturated heterocycles. The molecule has 0 spiro atoms. The van der Waals surface area contributed by atoms with Crippen molar-refractivity contribution in [2.24, 2.45) is 5.92 Å². The van der Waals surface area contributed by atoms with Crippen LogP contribution in [0.4, 0.5) is 0 Å². The molecular formula is C14H19BrN2O2. The average Bonchev–Trinajstić information content (AvgIpc) is 3.03. The first-order valence-electron chi connectivity index (χ1n) is 6.97. The molecule has 0 bridgehead atoms. The number of amides is 1. The maximum atomic E-state index is 12.2. The van der Waals surface area contributed by atoms with Crippen molar-refractivity contribution >= 4 is 21.8 Å². The Bertz CT molecular complexity index is 482. The molecule has 2 saturated carbocycles. The molecule has 2 aliphatic carbocycles. The number of rotatable bonds is 4. The molecule has 1 aromatic rings. The molecule has 2 unspecified atom stereocenters. The second kappa shape index (κ2) is 5.29. The molecule has 19 heavy (non-hydrogen) atoms. The molecule has 0 radical (unpaired) electrons. The van der Waals surface area contributed by atoms with Gasteiger partial charge in [-0.2, -0.15) is 0 Å². The standard InChI is InChI=1S/C14H19BrN2O2/c15-10-6-13(17(8-10)11-2-3-11)14(19)16-7-9-1-4-12(18)5-9/h6,8-9,11-12,18H,1-5,7H2,(H,16,19). The number of hydrogen-bond acceptors (Lipinski definition) is 2. The third kappa shape index (κ3) is 3.03. The van der Waals surface area contributed by atoms with Crippen molar-refractivity contribution in [2.45, 2.75) is 44.2 Å². The van der Waals surface area contributed by atoms with Gasteiger partial charge in [-0.15, -0.1) is 0 Å². The summed E-state index contributed by atoms with van der Waals surface area (Å²) in [5.41, 5.74) is 0.743. The summed E-state index contributed by atoms with van der Waals surface area (Å²) in [4.78, 5) is 12.2. The minimum atomic E-state index is -0.175. The van der Waals surface area contributed by atoms with Crippen molar-refractivity contribution in [3.63, 3.8) is 0 Å². The Hall–Kier alpha value is -0.810. The molecule has 4 nitrogen and oxygen atoms in total. The SMILES string of the molecule is O=C(NCC1CCC(O)C1)c1cc(Br)cn1C1CC1. The summed E-state index contributed by atoms with van der Waals surface area (Å²) in [5, 5.41) is 12.5. The van der Waals surface area contributed by atoms with Gasteiger partial charge in [0.15, 0.2) is 0 Å². The molecule has 2 N–H and O–H groups in total. The Balaban J connectivity index is 1.60. The van der Waals surface area contributed by atoms with E-state index in [1.807, 2.05) is 12.3 Å². The number of nitrogens with one attached hydrogen (secondary N) is 1. The van der Waals surface area contributed by atoms with Gasteiger partial charge in [-0.05, 0) is 60.0 Å². The van der Waals surface area contributed by atoms with E-state index >= 15 is 0 Å². The molecule has 2 fully saturated rings. The first kappa shape index (κ1) is 13.2. The third-order valence-electron chi connectivity index (χ3n) is 4.05. The van der Waals surface area contributed by atoms with Crippen LogP contribution in [0.1, 0.15) is 48.6 Å².